The number of carbonyl (C=O) groups excluding carboxylic acids is 2. The first kappa shape index (κ1) is 22.1. The summed E-state index contributed by atoms with van der Waals surface area (Å²) in [7, 11) is 2.07. The highest BCUT2D eigenvalue weighted by molar-refractivity contribution is 6.45. The number of likely N-dealkylation sites (N-methyl/N-ethyl adjacent to an activating group) is 1. The van der Waals surface area contributed by atoms with E-state index in [2.05, 4.69) is 23.8 Å². The van der Waals surface area contributed by atoms with Gasteiger partial charge in [-0.15, -0.1) is 0 Å². The summed E-state index contributed by atoms with van der Waals surface area (Å²) >= 11 is 0. The van der Waals surface area contributed by atoms with E-state index in [0.29, 0.717) is 36.7 Å². The van der Waals surface area contributed by atoms with Gasteiger partial charge >= 0.3 is 0 Å². The smallest absolute Gasteiger partial charge is 0.282 e. The standard InChI is InChI=1S/C26H31N3O3/c1-5-14-32-22-8-6-20(7-9-22)23-24(28-12-10-27(4)11-13-28)26(31)29(25(23)30)21-16-18(2)15-19(3)17-21/h6-9,15-17H,5,10-14H2,1-4H3. The van der Waals surface area contributed by atoms with Crippen molar-refractivity contribution in [1.29, 1.82) is 0 Å². The van der Waals surface area contributed by atoms with Crippen molar-refractivity contribution in [1.82, 2.24) is 9.80 Å². The molecule has 0 N–H and O–H groups in total. The minimum absolute atomic E-state index is 0.245. The van der Waals surface area contributed by atoms with Gasteiger partial charge in [0, 0.05) is 26.2 Å². The third-order valence-corrected chi connectivity index (χ3v) is 5.96. The van der Waals surface area contributed by atoms with Crippen LogP contribution in [-0.2, 0) is 9.59 Å². The first-order valence-electron chi connectivity index (χ1n) is 11.3. The molecule has 2 heterocycles. The zero-order valence-electron chi connectivity index (χ0n) is 19.4. The maximum Gasteiger partial charge on any atom is 0.282 e. The number of nitrogens with zero attached hydrogens (tertiary/aromatic N) is 3. The zero-order valence-corrected chi connectivity index (χ0v) is 19.4. The molecule has 0 bridgehead atoms. The van der Waals surface area contributed by atoms with Crippen molar-refractivity contribution in [2.24, 2.45) is 0 Å². The molecule has 32 heavy (non-hydrogen) atoms. The van der Waals surface area contributed by atoms with Crippen LogP contribution in [0.25, 0.3) is 5.57 Å². The minimum atomic E-state index is -0.267. The summed E-state index contributed by atoms with van der Waals surface area (Å²) in [5, 5.41) is 0. The maximum absolute atomic E-state index is 13.7. The number of imide groups is 1. The van der Waals surface area contributed by atoms with Crippen LogP contribution in [0.2, 0.25) is 0 Å². The summed E-state index contributed by atoms with van der Waals surface area (Å²) < 4.78 is 5.70. The Morgan fingerprint density at radius 3 is 2.09 bits per heavy atom. The highest BCUT2D eigenvalue weighted by atomic mass is 16.5. The Kier molecular flexibility index (Phi) is 6.33. The fourth-order valence-corrected chi connectivity index (χ4v) is 4.35. The van der Waals surface area contributed by atoms with E-state index in [0.717, 1.165) is 42.0 Å². The number of hydrogen-bond donors (Lipinski definition) is 0. The maximum atomic E-state index is 13.7. The van der Waals surface area contributed by atoms with E-state index < -0.39 is 0 Å². The van der Waals surface area contributed by atoms with Crippen molar-refractivity contribution in [2.45, 2.75) is 27.2 Å². The van der Waals surface area contributed by atoms with Gasteiger partial charge in [0.05, 0.1) is 17.9 Å². The number of piperazine rings is 1. The first-order valence-corrected chi connectivity index (χ1v) is 11.3. The molecule has 0 radical (unpaired) electrons. The summed E-state index contributed by atoms with van der Waals surface area (Å²) in [6.07, 6.45) is 0.929. The number of ether oxygens (including phenoxy) is 1. The van der Waals surface area contributed by atoms with Crippen LogP contribution in [0.4, 0.5) is 5.69 Å². The van der Waals surface area contributed by atoms with E-state index in [1.165, 1.54) is 4.90 Å². The first-order chi connectivity index (χ1) is 15.4. The van der Waals surface area contributed by atoms with Gasteiger partial charge in [-0.3, -0.25) is 9.59 Å². The molecule has 2 aliphatic heterocycles. The van der Waals surface area contributed by atoms with Gasteiger partial charge < -0.3 is 14.5 Å². The van der Waals surface area contributed by atoms with Gasteiger partial charge in [0.2, 0.25) is 0 Å². The highest BCUT2D eigenvalue weighted by Crippen LogP contribution is 2.36. The SMILES string of the molecule is CCCOc1ccc(C2=C(N3CCN(C)CC3)C(=O)N(c3cc(C)cc(C)c3)C2=O)cc1. The molecule has 1 fully saturated rings. The van der Waals surface area contributed by atoms with E-state index in [1.807, 2.05) is 56.3 Å². The van der Waals surface area contributed by atoms with E-state index in [1.54, 1.807) is 0 Å². The van der Waals surface area contributed by atoms with Crippen LogP contribution in [0.15, 0.2) is 48.2 Å². The van der Waals surface area contributed by atoms with Gasteiger partial charge in [-0.1, -0.05) is 25.1 Å². The van der Waals surface area contributed by atoms with Crippen LogP contribution >= 0.6 is 0 Å². The van der Waals surface area contributed by atoms with Gasteiger partial charge in [-0.05, 0) is 68.3 Å². The number of anilines is 1. The molecule has 4 rings (SSSR count). The monoisotopic (exact) mass is 433 g/mol. The Morgan fingerprint density at radius 2 is 1.50 bits per heavy atom. The minimum Gasteiger partial charge on any atom is -0.494 e. The molecule has 0 aromatic heterocycles. The fourth-order valence-electron chi connectivity index (χ4n) is 4.35. The molecular formula is C26H31N3O3. The quantitative estimate of drug-likeness (QED) is 0.652. The lowest BCUT2D eigenvalue weighted by molar-refractivity contribution is -0.120. The molecule has 2 aliphatic rings. The van der Waals surface area contributed by atoms with E-state index in [4.69, 9.17) is 4.74 Å². The average Bonchev–Trinajstić information content (AvgIpc) is 3.02. The summed E-state index contributed by atoms with van der Waals surface area (Å²) in [6, 6.07) is 13.3. The number of aryl methyl sites for hydroxylation is 2. The molecule has 0 atom stereocenters. The number of carbonyl (C=O) groups is 2. The number of hydrogen-bond acceptors (Lipinski definition) is 5. The normalized spacial score (nSPS) is 17.5. The Labute approximate surface area is 190 Å². The average molecular weight is 434 g/mol. The van der Waals surface area contributed by atoms with Crippen molar-refractivity contribution >= 4 is 23.1 Å². The molecule has 0 saturated carbocycles. The second-order valence-electron chi connectivity index (χ2n) is 8.68. The molecule has 168 valence electrons. The largest absolute Gasteiger partial charge is 0.494 e. The molecule has 2 aromatic carbocycles. The second-order valence-corrected chi connectivity index (χ2v) is 8.68. The van der Waals surface area contributed by atoms with Crippen LogP contribution in [0.1, 0.15) is 30.0 Å². The summed E-state index contributed by atoms with van der Waals surface area (Å²) in [5.41, 5.74) is 4.39. The third kappa shape index (κ3) is 4.28. The van der Waals surface area contributed by atoms with E-state index >= 15 is 0 Å². The van der Waals surface area contributed by atoms with Crippen LogP contribution in [0.5, 0.6) is 5.75 Å². The summed E-state index contributed by atoms with van der Waals surface area (Å²) in [5.74, 6) is 0.252. The van der Waals surface area contributed by atoms with Crippen LogP contribution in [0.3, 0.4) is 0 Å². The Hall–Kier alpha value is -3.12. The van der Waals surface area contributed by atoms with Crippen LogP contribution in [0, 0.1) is 13.8 Å². The van der Waals surface area contributed by atoms with E-state index in [-0.39, 0.29) is 11.8 Å². The number of amides is 2. The molecule has 0 aliphatic carbocycles. The van der Waals surface area contributed by atoms with Crippen molar-refractivity contribution in [2.75, 3.05) is 44.7 Å². The molecule has 6 nitrogen and oxygen atoms in total. The summed E-state index contributed by atoms with van der Waals surface area (Å²) in [4.78, 5) is 33.0. The summed E-state index contributed by atoms with van der Waals surface area (Å²) in [6.45, 7) is 9.80. The number of rotatable bonds is 6. The molecule has 6 heteroatoms. The van der Waals surface area contributed by atoms with Crippen molar-refractivity contribution in [3.05, 3.63) is 64.9 Å². The predicted octanol–water partition coefficient (Wildman–Crippen LogP) is 3.62. The zero-order chi connectivity index (χ0) is 22.8. The fraction of sp³-hybridized carbons (Fsp3) is 0.385. The van der Waals surface area contributed by atoms with Crippen LogP contribution < -0.4 is 9.64 Å². The molecule has 0 spiro atoms. The van der Waals surface area contributed by atoms with Gasteiger partial charge in [-0.25, -0.2) is 4.90 Å². The topological polar surface area (TPSA) is 53.1 Å². The van der Waals surface area contributed by atoms with E-state index in [9.17, 15) is 9.59 Å². The molecule has 1 saturated heterocycles. The molecule has 2 amide bonds. The Balaban J connectivity index is 1.76. The molecular weight excluding hydrogens is 402 g/mol. The van der Waals surface area contributed by atoms with Gasteiger partial charge in [0.25, 0.3) is 11.8 Å². The number of benzene rings is 2. The van der Waals surface area contributed by atoms with Gasteiger partial charge in [-0.2, -0.15) is 0 Å². The van der Waals surface area contributed by atoms with Crippen molar-refractivity contribution in [3.8, 4) is 5.75 Å². The molecule has 0 unspecified atom stereocenters. The highest BCUT2D eigenvalue weighted by Gasteiger charge is 2.43. The van der Waals surface area contributed by atoms with Crippen LogP contribution in [-0.4, -0.2) is 61.4 Å². The Bertz CT molecular complexity index is 1030. The lowest BCUT2D eigenvalue weighted by Gasteiger charge is -2.34. The third-order valence-electron chi connectivity index (χ3n) is 5.96. The van der Waals surface area contributed by atoms with Gasteiger partial charge in [0.1, 0.15) is 11.4 Å². The van der Waals surface area contributed by atoms with Gasteiger partial charge in [0.15, 0.2) is 0 Å². The predicted molar refractivity (Wildman–Crippen MR) is 127 cm³/mol. The van der Waals surface area contributed by atoms with Crippen molar-refractivity contribution in [3.63, 3.8) is 0 Å². The Morgan fingerprint density at radius 1 is 0.875 bits per heavy atom. The second kappa shape index (κ2) is 9.17. The van der Waals surface area contributed by atoms with Crippen molar-refractivity contribution < 1.29 is 14.3 Å². The lowest BCUT2D eigenvalue weighted by atomic mass is 10.0. The lowest BCUT2D eigenvalue weighted by Crippen LogP contribution is -2.46. The molecule has 2 aromatic rings.